The Balaban J connectivity index is 1.24. The van der Waals surface area contributed by atoms with Crippen LogP contribution >= 0.6 is 0 Å². The first-order valence-corrected chi connectivity index (χ1v) is 13.8. The quantitative estimate of drug-likeness (QED) is 0.386. The first-order chi connectivity index (χ1) is 18.9. The van der Waals surface area contributed by atoms with Crippen LogP contribution in [0, 0.1) is 11.7 Å². The number of likely N-dealkylation sites (tertiary alicyclic amines) is 1. The van der Waals surface area contributed by atoms with Gasteiger partial charge in [-0.1, -0.05) is 72.8 Å². The molecule has 1 saturated heterocycles. The van der Waals surface area contributed by atoms with E-state index in [0.29, 0.717) is 13.0 Å². The topological polar surface area (TPSA) is 73.5 Å². The maximum absolute atomic E-state index is 13.6. The van der Waals surface area contributed by atoms with Gasteiger partial charge in [-0.25, -0.2) is 9.18 Å². The van der Waals surface area contributed by atoms with E-state index in [0.717, 1.165) is 55.6 Å². The average molecular weight is 529 g/mol. The Hall–Kier alpha value is -3.71. The van der Waals surface area contributed by atoms with Crippen LogP contribution in [0.4, 0.5) is 9.18 Å². The molecule has 3 aromatic carbocycles. The van der Waals surface area contributed by atoms with Crippen LogP contribution in [0.5, 0.6) is 0 Å². The zero-order valence-electron chi connectivity index (χ0n) is 22.5. The molecule has 1 saturated carbocycles. The van der Waals surface area contributed by atoms with Gasteiger partial charge < -0.3 is 20.9 Å². The van der Waals surface area contributed by atoms with Gasteiger partial charge in [-0.15, -0.1) is 0 Å². The maximum atomic E-state index is 13.6. The summed E-state index contributed by atoms with van der Waals surface area (Å²) in [7, 11) is 1.64. The molecular formula is C32H37FN4O2. The Kier molecular flexibility index (Phi) is 7.98. The van der Waals surface area contributed by atoms with E-state index < -0.39 is 11.0 Å². The minimum absolute atomic E-state index is 0.0673. The van der Waals surface area contributed by atoms with Crippen molar-refractivity contribution in [2.45, 2.75) is 36.6 Å². The predicted octanol–water partition coefficient (Wildman–Crippen LogP) is 4.36. The fourth-order valence-electron chi connectivity index (χ4n) is 6.13. The summed E-state index contributed by atoms with van der Waals surface area (Å²) in [4.78, 5) is 28.4. The summed E-state index contributed by atoms with van der Waals surface area (Å²) < 4.78 is 13.2. The second-order valence-electron chi connectivity index (χ2n) is 10.8. The van der Waals surface area contributed by atoms with E-state index in [-0.39, 0.29) is 23.7 Å². The molecule has 204 valence electrons. The molecule has 1 aliphatic heterocycles. The molecule has 2 aliphatic rings. The molecule has 5 rings (SSSR count). The summed E-state index contributed by atoms with van der Waals surface area (Å²) in [5.74, 6) is 0.0364. The van der Waals surface area contributed by atoms with E-state index in [9.17, 15) is 14.0 Å². The van der Waals surface area contributed by atoms with Gasteiger partial charge in [0.05, 0.1) is 11.0 Å². The molecule has 0 bridgehead atoms. The fourth-order valence-corrected chi connectivity index (χ4v) is 6.13. The number of hydrogen-bond donors (Lipinski definition) is 3. The fraction of sp³-hybridized carbons (Fsp3) is 0.375. The summed E-state index contributed by atoms with van der Waals surface area (Å²) >= 11 is 0. The van der Waals surface area contributed by atoms with Crippen LogP contribution in [0.3, 0.4) is 0 Å². The van der Waals surface area contributed by atoms with E-state index in [1.807, 2.05) is 36.4 Å². The van der Waals surface area contributed by atoms with Crippen molar-refractivity contribution in [3.63, 3.8) is 0 Å². The van der Waals surface area contributed by atoms with Gasteiger partial charge in [-0.2, -0.15) is 0 Å². The van der Waals surface area contributed by atoms with Crippen molar-refractivity contribution in [3.05, 3.63) is 107 Å². The van der Waals surface area contributed by atoms with Gasteiger partial charge >= 0.3 is 6.03 Å². The van der Waals surface area contributed by atoms with E-state index in [4.69, 9.17) is 0 Å². The van der Waals surface area contributed by atoms with Crippen LogP contribution in [0.15, 0.2) is 84.9 Å². The van der Waals surface area contributed by atoms with Crippen LogP contribution in [-0.4, -0.2) is 50.1 Å². The number of amides is 3. The number of halogens is 1. The van der Waals surface area contributed by atoms with Crippen molar-refractivity contribution in [1.29, 1.82) is 0 Å². The number of urea groups is 1. The van der Waals surface area contributed by atoms with Crippen LogP contribution in [-0.2, 0) is 22.2 Å². The Morgan fingerprint density at radius 2 is 1.51 bits per heavy atom. The minimum Gasteiger partial charge on any atom is -0.355 e. The Morgan fingerprint density at radius 3 is 2.13 bits per heavy atom. The molecule has 3 aromatic rings. The second-order valence-corrected chi connectivity index (χ2v) is 10.8. The molecule has 2 unspecified atom stereocenters. The van der Waals surface area contributed by atoms with Gasteiger partial charge in [0, 0.05) is 33.2 Å². The number of piperidine rings is 1. The number of nitrogens with one attached hydrogen (secondary N) is 3. The number of hydrogen-bond acceptors (Lipinski definition) is 3. The molecule has 2 atom stereocenters. The van der Waals surface area contributed by atoms with Gasteiger partial charge in [0.15, 0.2) is 0 Å². The lowest BCUT2D eigenvalue weighted by Crippen LogP contribution is -2.55. The summed E-state index contributed by atoms with van der Waals surface area (Å²) in [6.45, 7) is 3.03. The number of rotatable bonds is 9. The lowest BCUT2D eigenvalue weighted by atomic mass is 9.80. The van der Waals surface area contributed by atoms with E-state index in [2.05, 4.69) is 45.1 Å². The Bertz CT molecular complexity index is 1260. The Labute approximate surface area is 230 Å². The monoisotopic (exact) mass is 528 g/mol. The SMILES string of the molecule is CNC(=O)NC1(c2ccccc2)CCN(CC2CC2(C(=O)NCCc2ccc(F)cc2)c2ccccc2)CC1. The molecule has 7 heteroatoms. The lowest BCUT2D eigenvalue weighted by molar-refractivity contribution is -0.124. The van der Waals surface area contributed by atoms with Crippen molar-refractivity contribution in [3.8, 4) is 0 Å². The van der Waals surface area contributed by atoms with Gasteiger partial charge in [0.2, 0.25) is 5.91 Å². The average Bonchev–Trinajstić information content (AvgIpc) is 3.71. The summed E-state index contributed by atoms with van der Waals surface area (Å²) in [6.07, 6.45) is 3.09. The summed E-state index contributed by atoms with van der Waals surface area (Å²) in [5, 5.41) is 9.10. The highest BCUT2D eigenvalue weighted by atomic mass is 19.1. The van der Waals surface area contributed by atoms with Crippen molar-refractivity contribution in [2.75, 3.05) is 33.2 Å². The summed E-state index contributed by atoms with van der Waals surface area (Å²) in [5.41, 5.74) is 2.25. The lowest BCUT2D eigenvalue weighted by Gasteiger charge is -2.43. The van der Waals surface area contributed by atoms with Crippen molar-refractivity contribution in [2.24, 2.45) is 5.92 Å². The third-order valence-corrected chi connectivity index (χ3v) is 8.51. The predicted molar refractivity (Wildman–Crippen MR) is 151 cm³/mol. The number of nitrogens with zero attached hydrogens (tertiary/aromatic N) is 1. The number of benzene rings is 3. The van der Waals surface area contributed by atoms with E-state index >= 15 is 0 Å². The molecule has 0 radical (unpaired) electrons. The van der Waals surface area contributed by atoms with E-state index in [1.165, 1.54) is 12.1 Å². The van der Waals surface area contributed by atoms with Crippen LogP contribution < -0.4 is 16.0 Å². The molecule has 3 amide bonds. The summed E-state index contributed by atoms with van der Waals surface area (Å²) in [6, 6.07) is 26.6. The van der Waals surface area contributed by atoms with Crippen molar-refractivity contribution < 1.29 is 14.0 Å². The zero-order chi connectivity index (χ0) is 27.3. The highest BCUT2D eigenvalue weighted by Crippen LogP contribution is 2.55. The number of carbonyl (C=O) groups is 2. The highest BCUT2D eigenvalue weighted by Gasteiger charge is 2.61. The van der Waals surface area contributed by atoms with Gasteiger partial charge in [-0.3, -0.25) is 4.79 Å². The molecule has 1 aliphatic carbocycles. The molecule has 0 aromatic heterocycles. The van der Waals surface area contributed by atoms with Gasteiger partial charge in [0.25, 0.3) is 0 Å². The first kappa shape index (κ1) is 26.9. The van der Waals surface area contributed by atoms with Crippen LogP contribution in [0.1, 0.15) is 36.0 Å². The standard InChI is InChI=1S/C32H37FN4O2/c1-34-30(39)36-31(25-8-4-2-5-9-25)17-20-37(21-18-31)23-27-22-32(27,26-10-6-3-7-11-26)29(38)35-19-16-24-12-14-28(33)15-13-24/h2-15,27H,16-23H2,1H3,(H,35,38)(H2,34,36,39). The smallest absolute Gasteiger partial charge is 0.315 e. The molecule has 6 nitrogen and oxygen atoms in total. The van der Waals surface area contributed by atoms with Crippen molar-refractivity contribution in [1.82, 2.24) is 20.9 Å². The minimum atomic E-state index is -0.529. The highest BCUT2D eigenvalue weighted by molar-refractivity contribution is 5.92. The third kappa shape index (κ3) is 5.83. The normalized spacial score (nSPS) is 22.1. The van der Waals surface area contributed by atoms with Crippen LogP contribution in [0.2, 0.25) is 0 Å². The second kappa shape index (κ2) is 11.6. The van der Waals surface area contributed by atoms with Gasteiger partial charge in [0.1, 0.15) is 5.82 Å². The largest absolute Gasteiger partial charge is 0.355 e. The number of carbonyl (C=O) groups excluding carboxylic acids is 2. The third-order valence-electron chi connectivity index (χ3n) is 8.51. The molecular weight excluding hydrogens is 491 g/mol. The first-order valence-electron chi connectivity index (χ1n) is 13.8. The van der Waals surface area contributed by atoms with Gasteiger partial charge in [-0.05, 0) is 60.4 Å². The maximum Gasteiger partial charge on any atom is 0.315 e. The molecule has 0 spiro atoms. The zero-order valence-corrected chi connectivity index (χ0v) is 22.5. The Morgan fingerprint density at radius 1 is 0.897 bits per heavy atom. The van der Waals surface area contributed by atoms with Crippen LogP contribution in [0.25, 0.3) is 0 Å². The molecule has 3 N–H and O–H groups in total. The molecule has 1 heterocycles. The van der Waals surface area contributed by atoms with E-state index in [1.54, 1.807) is 19.2 Å². The molecule has 2 fully saturated rings. The van der Waals surface area contributed by atoms with Crippen molar-refractivity contribution >= 4 is 11.9 Å². The molecule has 39 heavy (non-hydrogen) atoms.